The number of amides is 1. The van der Waals surface area contributed by atoms with Gasteiger partial charge >= 0.3 is 0 Å². The van der Waals surface area contributed by atoms with Gasteiger partial charge in [0.25, 0.3) is 0 Å². The smallest absolute Gasteiger partial charge is 0.237 e. The number of hydrogen-bond acceptors (Lipinski definition) is 6. The van der Waals surface area contributed by atoms with Gasteiger partial charge in [0.2, 0.25) is 11.0 Å². The number of hydrogen-bond donors (Lipinski definition) is 2. The average molecular weight is 336 g/mol. The van der Waals surface area contributed by atoms with Crippen LogP contribution < -0.4 is 10.6 Å². The first-order valence-electron chi connectivity index (χ1n) is 7.14. The molecule has 1 heterocycles. The van der Waals surface area contributed by atoms with E-state index in [9.17, 15) is 4.79 Å². The summed E-state index contributed by atoms with van der Waals surface area (Å²) in [7, 11) is 0. The predicted molar refractivity (Wildman–Crippen MR) is 93.6 cm³/mol. The van der Waals surface area contributed by atoms with E-state index in [-0.39, 0.29) is 11.2 Å². The Bertz CT molecular complexity index is 601. The summed E-state index contributed by atoms with van der Waals surface area (Å²) in [5.41, 5.74) is 0.802. The largest absolute Gasteiger partial charge is 0.360 e. The van der Waals surface area contributed by atoms with Crippen molar-refractivity contribution in [1.82, 2.24) is 10.2 Å². The second kappa shape index (κ2) is 8.14. The number of thioether (sulfide) groups is 1. The summed E-state index contributed by atoms with van der Waals surface area (Å²) in [6.07, 6.45) is 0. The average Bonchev–Trinajstić information content (AvgIpc) is 2.93. The lowest BCUT2D eigenvalue weighted by atomic mass is 10.2. The summed E-state index contributed by atoms with van der Waals surface area (Å²) in [5.74, 6) is 0.513. The van der Waals surface area contributed by atoms with Gasteiger partial charge in [-0.1, -0.05) is 55.1 Å². The van der Waals surface area contributed by atoms with Crippen LogP contribution in [0.2, 0.25) is 0 Å². The first-order chi connectivity index (χ1) is 10.5. The second-order valence-corrected chi connectivity index (χ2v) is 7.83. The lowest BCUT2D eigenvalue weighted by Crippen LogP contribution is -2.22. The van der Waals surface area contributed by atoms with Crippen LogP contribution >= 0.6 is 23.1 Å². The molecule has 2 aromatic rings. The molecule has 0 saturated carbocycles. The SMILES string of the molecule is CC(C)CNc1nnc(SC(C)C(=O)Nc2ccccc2)s1. The van der Waals surface area contributed by atoms with E-state index in [0.29, 0.717) is 5.92 Å². The standard InChI is InChI=1S/C15H20N4OS2/c1-10(2)9-16-14-18-19-15(22-14)21-11(3)13(20)17-12-7-5-4-6-8-12/h4-8,10-11H,9H2,1-3H3,(H,16,18)(H,17,20). The molecule has 0 radical (unpaired) electrons. The molecule has 0 fully saturated rings. The molecule has 1 amide bonds. The molecular weight excluding hydrogens is 316 g/mol. The highest BCUT2D eigenvalue weighted by molar-refractivity contribution is 8.02. The predicted octanol–water partition coefficient (Wildman–Crippen LogP) is 3.73. The molecule has 2 rings (SSSR count). The first-order valence-corrected chi connectivity index (χ1v) is 8.84. The van der Waals surface area contributed by atoms with E-state index < -0.39 is 0 Å². The topological polar surface area (TPSA) is 66.9 Å². The second-order valence-electron chi connectivity index (χ2n) is 5.26. The van der Waals surface area contributed by atoms with Crippen molar-refractivity contribution in [3.63, 3.8) is 0 Å². The number of carbonyl (C=O) groups excluding carboxylic acids is 1. The third-order valence-electron chi connectivity index (χ3n) is 2.76. The minimum atomic E-state index is -0.230. The zero-order valence-electron chi connectivity index (χ0n) is 12.9. The Morgan fingerprint density at radius 2 is 1.95 bits per heavy atom. The Kier molecular flexibility index (Phi) is 6.21. The summed E-state index contributed by atoms with van der Waals surface area (Å²) in [6, 6.07) is 9.44. The van der Waals surface area contributed by atoms with Crippen LogP contribution in [-0.4, -0.2) is 27.9 Å². The molecule has 0 aliphatic carbocycles. The van der Waals surface area contributed by atoms with Crippen molar-refractivity contribution < 1.29 is 4.79 Å². The zero-order chi connectivity index (χ0) is 15.9. The highest BCUT2D eigenvalue weighted by atomic mass is 32.2. The molecule has 2 N–H and O–H groups in total. The lowest BCUT2D eigenvalue weighted by Gasteiger charge is -2.09. The minimum Gasteiger partial charge on any atom is -0.360 e. The van der Waals surface area contributed by atoms with Crippen LogP contribution in [0.25, 0.3) is 0 Å². The Morgan fingerprint density at radius 1 is 1.23 bits per heavy atom. The van der Waals surface area contributed by atoms with Crippen molar-refractivity contribution in [3.05, 3.63) is 30.3 Å². The van der Waals surface area contributed by atoms with E-state index in [4.69, 9.17) is 0 Å². The normalized spacial score (nSPS) is 12.2. The summed E-state index contributed by atoms with van der Waals surface area (Å²) in [6.45, 7) is 7.01. The Labute approximate surface area is 138 Å². The Morgan fingerprint density at radius 3 is 2.64 bits per heavy atom. The fourth-order valence-electron chi connectivity index (χ4n) is 1.59. The third kappa shape index (κ3) is 5.31. The van der Waals surface area contributed by atoms with Gasteiger partial charge in [-0.05, 0) is 25.0 Å². The van der Waals surface area contributed by atoms with Crippen molar-refractivity contribution in [2.75, 3.05) is 17.2 Å². The lowest BCUT2D eigenvalue weighted by molar-refractivity contribution is -0.115. The van der Waals surface area contributed by atoms with Gasteiger partial charge in [-0.25, -0.2) is 0 Å². The van der Waals surface area contributed by atoms with Gasteiger partial charge in [0, 0.05) is 12.2 Å². The number of rotatable bonds is 7. The van der Waals surface area contributed by atoms with E-state index >= 15 is 0 Å². The van der Waals surface area contributed by atoms with E-state index in [1.165, 1.54) is 23.1 Å². The fourth-order valence-corrected chi connectivity index (χ4v) is 3.49. The number of aromatic nitrogens is 2. The number of nitrogens with one attached hydrogen (secondary N) is 2. The number of carbonyl (C=O) groups is 1. The zero-order valence-corrected chi connectivity index (χ0v) is 14.5. The van der Waals surface area contributed by atoms with Gasteiger partial charge in [0.1, 0.15) is 0 Å². The van der Waals surface area contributed by atoms with Crippen LogP contribution in [0.1, 0.15) is 20.8 Å². The van der Waals surface area contributed by atoms with Crippen molar-refractivity contribution >= 4 is 39.8 Å². The van der Waals surface area contributed by atoms with Crippen molar-refractivity contribution in [2.24, 2.45) is 5.92 Å². The molecule has 22 heavy (non-hydrogen) atoms. The van der Waals surface area contributed by atoms with Crippen LogP contribution in [0.4, 0.5) is 10.8 Å². The first kappa shape index (κ1) is 16.8. The van der Waals surface area contributed by atoms with Gasteiger partial charge in [0.15, 0.2) is 4.34 Å². The van der Waals surface area contributed by atoms with Gasteiger partial charge in [-0.3, -0.25) is 4.79 Å². The van der Waals surface area contributed by atoms with E-state index in [2.05, 4.69) is 34.7 Å². The van der Waals surface area contributed by atoms with Crippen molar-refractivity contribution in [2.45, 2.75) is 30.4 Å². The van der Waals surface area contributed by atoms with Crippen LogP contribution in [0.5, 0.6) is 0 Å². The summed E-state index contributed by atoms with van der Waals surface area (Å²) in [4.78, 5) is 12.1. The fraction of sp³-hybridized carbons (Fsp3) is 0.400. The molecular formula is C15H20N4OS2. The summed E-state index contributed by atoms with van der Waals surface area (Å²) in [5, 5.41) is 14.9. The Hall–Kier alpha value is -1.60. The van der Waals surface area contributed by atoms with Crippen molar-refractivity contribution in [1.29, 1.82) is 0 Å². The van der Waals surface area contributed by atoms with Gasteiger partial charge in [-0.15, -0.1) is 10.2 Å². The number of anilines is 2. The Balaban J connectivity index is 1.86. The molecule has 0 bridgehead atoms. The third-order valence-corrected chi connectivity index (χ3v) is 4.82. The van der Waals surface area contributed by atoms with Gasteiger partial charge in [0.05, 0.1) is 5.25 Å². The maximum atomic E-state index is 12.1. The molecule has 1 unspecified atom stereocenters. The summed E-state index contributed by atoms with van der Waals surface area (Å²) >= 11 is 2.90. The molecule has 0 aliphatic heterocycles. The molecule has 118 valence electrons. The number of benzene rings is 1. The van der Waals surface area contributed by atoms with Crippen LogP contribution in [0.15, 0.2) is 34.7 Å². The van der Waals surface area contributed by atoms with Gasteiger partial charge < -0.3 is 10.6 Å². The number of nitrogens with zero attached hydrogens (tertiary/aromatic N) is 2. The highest BCUT2D eigenvalue weighted by Crippen LogP contribution is 2.29. The highest BCUT2D eigenvalue weighted by Gasteiger charge is 2.17. The molecule has 0 spiro atoms. The molecule has 1 aromatic heterocycles. The maximum Gasteiger partial charge on any atom is 0.237 e. The van der Waals surface area contributed by atoms with Crippen LogP contribution in [0.3, 0.4) is 0 Å². The van der Waals surface area contributed by atoms with Crippen LogP contribution in [-0.2, 0) is 4.79 Å². The molecule has 7 heteroatoms. The molecule has 1 aromatic carbocycles. The van der Waals surface area contributed by atoms with Crippen molar-refractivity contribution in [3.8, 4) is 0 Å². The molecule has 0 saturated heterocycles. The monoisotopic (exact) mass is 336 g/mol. The van der Waals surface area contributed by atoms with Gasteiger partial charge in [-0.2, -0.15) is 0 Å². The van der Waals surface area contributed by atoms with E-state index in [1.807, 2.05) is 37.3 Å². The number of para-hydroxylation sites is 1. The van der Waals surface area contributed by atoms with Crippen LogP contribution in [0, 0.1) is 5.92 Å². The quantitative estimate of drug-likeness (QED) is 0.754. The molecule has 5 nitrogen and oxygen atoms in total. The minimum absolute atomic E-state index is 0.0388. The van der Waals surface area contributed by atoms with E-state index in [1.54, 1.807) is 0 Å². The maximum absolute atomic E-state index is 12.1. The summed E-state index contributed by atoms with van der Waals surface area (Å²) < 4.78 is 0.793. The molecule has 0 aliphatic rings. The molecule has 1 atom stereocenters. The van der Waals surface area contributed by atoms with E-state index in [0.717, 1.165) is 21.7 Å².